The number of methoxy groups -OCH3 is 1. The predicted molar refractivity (Wildman–Crippen MR) is 88.1 cm³/mol. The third-order valence-electron chi connectivity index (χ3n) is 3.00. The molecule has 6 nitrogen and oxygen atoms in total. The van der Waals surface area contributed by atoms with Gasteiger partial charge < -0.3 is 14.8 Å². The number of rotatable bonds is 5. The van der Waals surface area contributed by atoms with Crippen LogP contribution in [-0.4, -0.2) is 25.6 Å². The van der Waals surface area contributed by atoms with Crippen molar-refractivity contribution in [3.63, 3.8) is 0 Å². The second-order valence-corrected chi connectivity index (χ2v) is 5.09. The lowest BCUT2D eigenvalue weighted by Gasteiger charge is -2.09. The van der Waals surface area contributed by atoms with E-state index in [4.69, 9.17) is 21.6 Å². The average molecular weight is 345 g/mol. The lowest BCUT2D eigenvalue weighted by Crippen LogP contribution is -2.20. The minimum Gasteiger partial charge on any atom is -0.484 e. The van der Waals surface area contributed by atoms with Crippen molar-refractivity contribution in [3.05, 3.63) is 58.6 Å². The van der Waals surface area contributed by atoms with Gasteiger partial charge in [0.15, 0.2) is 6.61 Å². The van der Waals surface area contributed by atoms with Crippen LogP contribution in [0.25, 0.3) is 0 Å². The van der Waals surface area contributed by atoms with Gasteiger partial charge in [0.1, 0.15) is 11.8 Å². The van der Waals surface area contributed by atoms with Gasteiger partial charge in [-0.25, -0.2) is 4.79 Å². The Labute approximate surface area is 143 Å². The van der Waals surface area contributed by atoms with Crippen LogP contribution in [0, 0.1) is 11.3 Å². The van der Waals surface area contributed by atoms with Gasteiger partial charge in [-0.3, -0.25) is 4.79 Å². The first-order valence-corrected chi connectivity index (χ1v) is 7.22. The Morgan fingerprint density at radius 3 is 2.75 bits per heavy atom. The molecule has 0 saturated carbocycles. The minimum absolute atomic E-state index is 0.290. The number of benzene rings is 2. The Morgan fingerprint density at radius 2 is 2.04 bits per heavy atom. The van der Waals surface area contributed by atoms with Crippen LogP contribution in [0.15, 0.2) is 42.5 Å². The molecule has 2 aromatic carbocycles. The van der Waals surface area contributed by atoms with E-state index in [9.17, 15) is 9.59 Å². The molecule has 0 unspecified atom stereocenters. The number of nitriles is 1. The van der Waals surface area contributed by atoms with E-state index in [0.717, 1.165) is 0 Å². The molecular formula is C17H13ClN2O4. The van der Waals surface area contributed by atoms with Gasteiger partial charge in [-0.15, -0.1) is 0 Å². The van der Waals surface area contributed by atoms with E-state index in [1.807, 2.05) is 6.07 Å². The van der Waals surface area contributed by atoms with E-state index in [1.54, 1.807) is 24.3 Å². The zero-order valence-electron chi connectivity index (χ0n) is 12.7. The molecule has 7 heteroatoms. The van der Waals surface area contributed by atoms with E-state index in [0.29, 0.717) is 27.6 Å². The summed E-state index contributed by atoms with van der Waals surface area (Å²) < 4.78 is 9.96. The molecular weight excluding hydrogens is 332 g/mol. The van der Waals surface area contributed by atoms with Gasteiger partial charge in [0, 0.05) is 5.02 Å². The lowest BCUT2D eigenvalue weighted by atomic mass is 10.2. The SMILES string of the molecule is COC(=O)c1cccc(OCC(=O)Nc2cc(Cl)ccc2C#N)c1. The van der Waals surface area contributed by atoms with E-state index < -0.39 is 11.9 Å². The summed E-state index contributed by atoms with van der Waals surface area (Å²) in [5.74, 6) is -0.612. The highest BCUT2D eigenvalue weighted by Crippen LogP contribution is 2.20. The minimum atomic E-state index is -0.498. The van der Waals surface area contributed by atoms with Crippen molar-refractivity contribution >= 4 is 29.2 Å². The highest BCUT2D eigenvalue weighted by Gasteiger charge is 2.10. The zero-order valence-corrected chi connectivity index (χ0v) is 13.5. The topological polar surface area (TPSA) is 88.4 Å². The molecule has 0 fully saturated rings. The Bertz CT molecular complexity index is 814. The predicted octanol–water partition coefficient (Wildman–Crippen LogP) is 3.02. The van der Waals surface area contributed by atoms with Crippen LogP contribution < -0.4 is 10.1 Å². The summed E-state index contributed by atoms with van der Waals surface area (Å²) >= 11 is 5.86. The zero-order chi connectivity index (χ0) is 17.5. The Kier molecular flexibility index (Phi) is 5.77. The van der Waals surface area contributed by atoms with Crippen molar-refractivity contribution in [2.45, 2.75) is 0 Å². The summed E-state index contributed by atoms with van der Waals surface area (Å²) in [7, 11) is 1.28. The summed E-state index contributed by atoms with van der Waals surface area (Å²) in [5.41, 5.74) is 0.916. The van der Waals surface area contributed by atoms with Crippen molar-refractivity contribution in [3.8, 4) is 11.8 Å². The normalized spacial score (nSPS) is 9.71. The van der Waals surface area contributed by atoms with E-state index in [-0.39, 0.29) is 6.61 Å². The molecule has 1 amide bonds. The highest BCUT2D eigenvalue weighted by atomic mass is 35.5. The molecule has 24 heavy (non-hydrogen) atoms. The molecule has 0 spiro atoms. The van der Waals surface area contributed by atoms with Crippen molar-refractivity contribution in [1.82, 2.24) is 0 Å². The standard InChI is InChI=1S/C17H13ClN2O4/c1-23-17(22)11-3-2-4-14(7-11)24-10-16(21)20-15-8-13(18)6-5-12(15)9-19/h2-8H,10H2,1H3,(H,20,21). The molecule has 0 aromatic heterocycles. The first-order valence-electron chi connectivity index (χ1n) is 6.84. The van der Waals surface area contributed by atoms with Gasteiger partial charge in [-0.05, 0) is 36.4 Å². The summed E-state index contributed by atoms with van der Waals surface area (Å²) in [5, 5.41) is 12.0. The van der Waals surface area contributed by atoms with Crippen LogP contribution >= 0.6 is 11.6 Å². The Balaban J connectivity index is 2.00. The number of hydrogen-bond donors (Lipinski definition) is 1. The smallest absolute Gasteiger partial charge is 0.337 e. The fraction of sp³-hybridized carbons (Fsp3) is 0.118. The number of ether oxygens (including phenoxy) is 2. The molecule has 0 aliphatic carbocycles. The third kappa shape index (κ3) is 4.48. The number of halogens is 1. The first kappa shape index (κ1) is 17.3. The molecule has 0 atom stereocenters. The van der Waals surface area contributed by atoms with Crippen molar-refractivity contribution < 1.29 is 19.1 Å². The van der Waals surface area contributed by atoms with Crippen LogP contribution in [0.4, 0.5) is 5.69 Å². The first-order chi connectivity index (χ1) is 11.5. The molecule has 2 aromatic rings. The number of carbonyl (C=O) groups is 2. The fourth-order valence-electron chi connectivity index (χ4n) is 1.88. The molecule has 0 saturated heterocycles. The van der Waals surface area contributed by atoms with E-state index in [2.05, 4.69) is 10.1 Å². The maximum absolute atomic E-state index is 12.0. The van der Waals surface area contributed by atoms with E-state index in [1.165, 1.54) is 25.3 Å². The van der Waals surface area contributed by atoms with Crippen LogP contribution in [0.5, 0.6) is 5.75 Å². The van der Waals surface area contributed by atoms with Crippen molar-refractivity contribution in [1.29, 1.82) is 5.26 Å². The Morgan fingerprint density at radius 1 is 1.25 bits per heavy atom. The van der Waals surface area contributed by atoms with Crippen molar-refractivity contribution in [2.75, 3.05) is 19.0 Å². The summed E-state index contributed by atoms with van der Waals surface area (Å²) in [6, 6.07) is 12.8. The van der Waals surface area contributed by atoms with Gasteiger partial charge in [-0.2, -0.15) is 5.26 Å². The molecule has 1 N–H and O–H groups in total. The average Bonchev–Trinajstić information content (AvgIpc) is 2.59. The molecule has 0 bridgehead atoms. The summed E-state index contributed by atoms with van der Waals surface area (Å²) in [4.78, 5) is 23.4. The maximum atomic E-state index is 12.0. The summed E-state index contributed by atoms with van der Waals surface area (Å²) in [6.07, 6.45) is 0. The van der Waals surface area contributed by atoms with Gasteiger partial charge in [0.25, 0.3) is 5.91 Å². The number of hydrogen-bond acceptors (Lipinski definition) is 5. The van der Waals surface area contributed by atoms with Crippen molar-refractivity contribution in [2.24, 2.45) is 0 Å². The highest BCUT2D eigenvalue weighted by molar-refractivity contribution is 6.31. The largest absolute Gasteiger partial charge is 0.484 e. The number of anilines is 1. The molecule has 0 aliphatic rings. The van der Waals surface area contributed by atoms with Crippen LogP contribution in [-0.2, 0) is 9.53 Å². The van der Waals surface area contributed by atoms with Crippen LogP contribution in [0.1, 0.15) is 15.9 Å². The van der Waals surface area contributed by atoms with Gasteiger partial charge in [0.2, 0.25) is 0 Å². The quantitative estimate of drug-likeness (QED) is 0.842. The second kappa shape index (κ2) is 7.99. The van der Waals surface area contributed by atoms with Crippen LogP contribution in [0.3, 0.4) is 0 Å². The number of nitrogens with zero attached hydrogens (tertiary/aromatic N) is 1. The monoisotopic (exact) mass is 344 g/mol. The Hall–Kier alpha value is -3.04. The van der Waals surface area contributed by atoms with Gasteiger partial charge in [0.05, 0.1) is 23.9 Å². The second-order valence-electron chi connectivity index (χ2n) is 4.66. The van der Waals surface area contributed by atoms with Crippen LogP contribution in [0.2, 0.25) is 5.02 Å². The third-order valence-corrected chi connectivity index (χ3v) is 3.24. The molecule has 0 radical (unpaired) electrons. The molecule has 0 aliphatic heterocycles. The molecule has 0 heterocycles. The van der Waals surface area contributed by atoms with Gasteiger partial charge >= 0.3 is 5.97 Å². The molecule has 122 valence electrons. The fourth-order valence-corrected chi connectivity index (χ4v) is 2.06. The number of esters is 1. The summed E-state index contributed by atoms with van der Waals surface area (Å²) in [6.45, 7) is -0.290. The molecule has 2 rings (SSSR count). The number of carbonyl (C=O) groups excluding carboxylic acids is 2. The number of amides is 1. The lowest BCUT2D eigenvalue weighted by molar-refractivity contribution is -0.118. The number of nitrogens with one attached hydrogen (secondary N) is 1. The van der Waals surface area contributed by atoms with Gasteiger partial charge in [-0.1, -0.05) is 17.7 Å². The maximum Gasteiger partial charge on any atom is 0.337 e. The van der Waals surface area contributed by atoms with E-state index >= 15 is 0 Å².